The van der Waals surface area contributed by atoms with Crippen molar-refractivity contribution in [1.29, 1.82) is 0 Å². The van der Waals surface area contributed by atoms with Crippen molar-refractivity contribution in [2.75, 3.05) is 6.61 Å². The van der Waals surface area contributed by atoms with E-state index in [1.807, 2.05) is 0 Å². The van der Waals surface area contributed by atoms with Crippen molar-refractivity contribution in [2.45, 2.75) is 45.3 Å². The summed E-state index contributed by atoms with van der Waals surface area (Å²) in [7, 11) is 0. The molecule has 2 atom stereocenters. The third-order valence-corrected chi connectivity index (χ3v) is 2.13. The maximum Gasteiger partial charge on any atom is 0.0716 e. The van der Waals surface area contributed by atoms with Gasteiger partial charge < -0.3 is 9.94 Å². The van der Waals surface area contributed by atoms with E-state index in [4.69, 9.17) is 4.84 Å². The van der Waals surface area contributed by atoms with Crippen LogP contribution in [0.15, 0.2) is 0 Å². The monoisotopic (exact) mass is 173 g/mol. The molecule has 0 aromatic carbocycles. The molecule has 2 N–H and O–H groups in total. The van der Waals surface area contributed by atoms with Crippen molar-refractivity contribution in [1.82, 2.24) is 5.48 Å². The van der Waals surface area contributed by atoms with Gasteiger partial charge in [-0.25, -0.2) is 0 Å². The Morgan fingerprint density at radius 1 is 1.50 bits per heavy atom. The second-order valence-corrected chi connectivity index (χ2v) is 3.93. The molecule has 0 unspecified atom stereocenters. The minimum Gasteiger partial charge on any atom is -0.391 e. The average molecular weight is 173 g/mol. The largest absolute Gasteiger partial charge is 0.391 e. The van der Waals surface area contributed by atoms with Crippen molar-refractivity contribution >= 4 is 0 Å². The van der Waals surface area contributed by atoms with Crippen LogP contribution in [0.1, 0.15) is 33.1 Å². The lowest BCUT2D eigenvalue weighted by Crippen LogP contribution is -2.36. The maximum atomic E-state index is 9.41. The smallest absolute Gasteiger partial charge is 0.0716 e. The first-order valence-corrected chi connectivity index (χ1v) is 4.75. The Bertz CT molecular complexity index is 128. The first-order valence-electron chi connectivity index (χ1n) is 4.75. The van der Waals surface area contributed by atoms with E-state index in [-0.39, 0.29) is 12.1 Å². The molecule has 1 aliphatic rings. The normalized spacial score (nSPS) is 30.0. The highest BCUT2D eigenvalue weighted by Crippen LogP contribution is 2.18. The van der Waals surface area contributed by atoms with E-state index in [1.54, 1.807) is 0 Å². The Hall–Kier alpha value is -0.120. The van der Waals surface area contributed by atoms with Gasteiger partial charge in [-0.3, -0.25) is 0 Å². The molecule has 1 fully saturated rings. The van der Waals surface area contributed by atoms with Crippen molar-refractivity contribution in [3.63, 3.8) is 0 Å². The number of rotatable bonds is 4. The number of hydrogen-bond acceptors (Lipinski definition) is 3. The number of hydroxylamine groups is 1. The SMILES string of the molecule is CC(C)CON[C@H]1CCC[C@@H]1O. The van der Waals surface area contributed by atoms with Crippen LogP contribution in [-0.2, 0) is 4.84 Å². The molecule has 0 heterocycles. The molecule has 1 rings (SSSR count). The minimum absolute atomic E-state index is 0.156. The fourth-order valence-electron chi connectivity index (χ4n) is 1.40. The second-order valence-electron chi connectivity index (χ2n) is 3.93. The van der Waals surface area contributed by atoms with Crippen LogP contribution in [0.3, 0.4) is 0 Å². The van der Waals surface area contributed by atoms with Crippen LogP contribution in [0.2, 0.25) is 0 Å². The van der Waals surface area contributed by atoms with Gasteiger partial charge in [0.05, 0.1) is 18.8 Å². The highest BCUT2D eigenvalue weighted by Gasteiger charge is 2.24. The molecule has 1 aliphatic carbocycles. The zero-order valence-electron chi connectivity index (χ0n) is 7.92. The molecule has 1 saturated carbocycles. The molecule has 0 aromatic rings. The lowest BCUT2D eigenvalue weighted by atomic mass is 10.2. The van der Waals surface area contributed by atoms with E-state index in [0.717, 1.165) is 19.3 Å². The molecule has 3 nitrogen and oxygen atoms in total. The Kier molecular flexibility index (Phi) is 3.98. The molecule has 0 aromatic heterocycles. The van der Waals surface area contributed by atoms with Gasteiger partial charge in [0.15, 0.2) is 0 Å². The zero-order valence-corrected chi connectivity index (χ0v) is 7.92. The molecule has 0 amide bonds. The Balaban J connectivity index is 2.06. The summed E-state index contributed by atoms with van der Waals surface area (Å²) in [4.78, 5) is 5.24. The van der Waals surface area contributed by atoms with Crippen molar-refractivity contribution in [2.24, 2.45) is 5.92 Å². The van der Waals surface area contributed by atoms with Gasteiger partial charge >= 0.3 is 0 Å². The van der Waals surface area contributed by atoms with E-state index in [1.165, 1.54) is 0 Å². The molecule has 0 radical (unpaired) electrons. The molecule has 12 heavy (non-hydrogen) atoms. The average Bonchev–Trinajstić information content (AvgIpc) is 2.36. The van der Waals surface area contributed by atoms with Crippen molar-refractivity contribution in [3.8, 4) is 0 Å². The molecule has 0 bridgehead atoms. The molecular weight excluding hydrogens is 154 g/mol. The number of nitrogens with one attached hydrogen (secondary N) is 1. The van der Waals surface area contributed by atoms with E-state index < -0.39 is 0 Å². The van der Waals surface area contributed by atoms with Gasteiger partial charge in [-0.05, 0) is 25.2 Å². The second kappa shape index (κ2) is 4.80. The first kappa shape index (κ1) is 9.96. The van der Waals surface area contributed by atoms with Crippen LogP contribution in [0.4, 0.5) is 0 Å². The van der Waals surface area contributed by atoms with E-state index >= 15 is 0 Å². The summed E-state index contributed by atoms with van der Waals surface area (Å²) >= 11 is 0. The van der Waals surface area contributed by atoms with Gasteiger partial charge in [-0.2, -0.15) is 5.48 Å². The van der Waals surface area contributed by atoms with Crippen LogP contribution in [0.5, 0.6) is 0 Å². The van der Waals surface area contributed by atoms with Gasteiger partial charge in [0.2, 0.25) is 0 Å². The standard InChI is InChI=1S/C9H19NO2/c1-7(2)6-12-10-8-4-3-5-9(8)11/h7-11H,3-6H2,1-2H3/t8-,9-/m0/s1. The Morgan fingerprint density at radius 3 is 2.75 bits per heavy atom. The summed E-state index contributed by atoms with van der Waals surface area (Å²) in [5.74, 6) is 0.538. The van der Waals surface area contributed by atoms with Gasteiger partial charge in [-0.1, -0.05) is 13.8 Å². The zero-order chi connectivity index (χ0) is 8.97. The topological polar surface area (TPSA) is 41.5 Å². The third kappa shape index (κ3) is 3.09. The lowest BCUT2D eigenvalue weighted by molar-refractivity contribution is -0.0241. The third-order valence-electron chi connectivity index (χ3n) is 2.13. The van der Waals surface area contributed by atoms with Crippen molar-refractivity contribution < 1.29 is 9.94 Å². The number of aliphatic hydroxyl groups excluding tert-OH is 1. The first-order chi connectivity index (χ1) is 5.70. The predicted molar refractivity (Wildman–Crippen MR) is 47.6 cm³/mol. The summed E-state index contributed by atoms with van der Waals surface area (Å²) in [5, 5.41) is 9.41. The summed E-state index contributed by atoms with van der Waals surface area (Å²) in [6.07, 6.45) is 2.82. The molecular formula is C9H19NO2. The Morgan fingerprint density at radius 2 is 2.25 bits per heavy atom. The van der Waals surface area contributed by atoms with Crippen molar-refractivity contribution in [3.05, 3.63) is 0 Å². The van der Waals surface area contributed by atoms with Gasteiger partial charge in [0.25, 0.3) is 0 Å². The van der Waals surface area contributed by atoms with Crippen LogP contribution < -0.4 is 5.48 Å². The molecule has 0 aliphatic heterocycles. The quantitative estimate of drug-likeness (QED) is 0.625. The highest BCUT2D eigenvalue weighted by molar-refractivity contribution is 4.79. The summed E-state index contributed by atoms with van der Waals surface area (Å²) in [5.41, 5.74) is 2.91. The van der Waals surface area contributed by atoms with Gasteiger partial charge in [-0.15, -0.1) is 0 Å². The molecule has 3 heteroatoms. The van der Waals surface area contributed by atoms with E-state index in [0.29, 0.717) is 12.5 Å². The Labute approximate surface area is 74.1 Å². The van der Waals surface area contributed by atoms with Gasteiger partial charge in [0, 0.05) is 0 Å². The van der Waals surface area contributed by atoms with Crippen LogP contribution in [-0.4, -0.2) is 23.9 Å². The van der Waals surface area contributed by atoms with Crippen LogP contribution in [0.25, 0.3) is 0 Å². The van der Waals surface area contributed by atoms with E-state index in [2.05, 4.69) is 19.3 Å². The summed E-state index contributed by atoms with van der Waals surface area (Å²) < 4.78 is 0. The lowest BCUT2D eigenvalue weighted by Gasteiger charge is -2.16. The maximum absolute atomic E-state index is 9.41. The number of hydrogen-bond donors (Lipinski definition) is 2. The summed E-state index contributed by atoms with van der Waals surface area (Å²) in [6, 6.07) is 0.156. The van der Waals surface area contributed by atoms with Crippen LogP contribution in [0, 0.1) is 5.92 Å². The van der Waals surface area contributed by atoms with Gasteiger partial charge in [0.1, 0.15) is 0 Å². The minimum atomic E-state index is -0.211. The van der Waals surface area contributed by atoms with Crippen LogP contribution >= 0.6 is 0 Å². The highest BCUT2D eigenvalue weighted by atomic mass is 16.6. The van der Waals surface area contributed by atoms with E-state index in [9.17, 15) is 5.11 Å². The molecule has 0 saturated heterocycles. The fourth-order valence-corrected chi connectivity index (χ4v) is 1.40. The fraction of sp³-hybridized carbons (Fsp3) is 1.00. The molecule has 0 spiro atoms. The summed E-state index contributed by atoms with van der Waals surface area (Å²) in [6.45, 7) is 4.92. The number of aliphatic hydroxyl groups is 1. The predicted octanol–water partition coefficient (Wildman–Crippen LogP) is 1.08. The molecule has 72 valence electrons.